The van der Waals surface area contributed by atoms with Gasteiger partial charge < -0.3 is 9.47 Å². The highest BCUT2D eigenvalue weighted by Crippen LogP contribution is 2.30. The number of ether oxygens (including phenoxy) is 2. The number of para-hydroxylation sites is 1. The van der Waals surface area contributed by atoms with Crippen LogP contribution in [0.5, 0.6) is 5.75 Å². The van der Waals surface area contributed by atoms with Gasteiger partial charge in [0.15, 0.2) is 11.6 Å². The SMILES string of the molecule is COC1CCCCC1N1CC(Oc2ccccc2F)C1. The summed E-state index contributed by atoms with van der Waals surface area (Å²) in [6.07, 6.45) is 5.34. The van der Waals surface area contributed by atoms with E-state index in [4.69, 9.17) is 9.47 Å². The molecule has 0 N–H and O–H groups in total. The van der Waals surface area contributed by atoms with E-state index in [1.807, 2.05) is 0 Å². The first kappa shape index (κ1) is 13.8. The summed E-state index contributed by atoms with van der Waals surface area (Å²) in [6, 6.07) is 7.12. The minimum absolute atomic E-state index is 0.103. The molecule has 1 heterocycles. The van der Waals surface area contributed by atoms with E-state index in [0.29, 0.717) is 17.9 Å². The maximum absolute atomic E-state index is 13.5. The third-order valence-corrected chi connectivity index (χ3v) is 4.45. The summed E-state index contributed by atoms with van der Waals surface area (Å²) in [5.74, 6) is 0.0856. The normalized spacial score (nSPS) is 28.1. The van der Waals surface area contributed by atoms with Crippen molar-refractivity contribution in [1.29, 1.82) is 0 Å². The van der Waals surface area contributed by atoms with Gasteiger partial charge >= 0.3 is 0 Å². The number of halogens is 1. The Hall–Kier alpha value is -1.13. The van der Waals surface area contributed by atoms with Crippen LogP contribution in [-0.4, -0.2) is 43.3 Å². The van der Waals surface area contributed by atoms with Gasteiger partial charge in [0.1, 0.15) is 6.10 Å². The van der Waals surface area contributed by atoms with Gasteiger partial charge in [0, 0.05) is 26.2 Å². The van der Waals surface area contributed by atoms with Crippen molar-refractivity contribution < 1.29 is 13.9 Å². The van der Waals surface area contributed by atoms with Gasteiger partial charge in [-0.2, -0.15) is 0 Å². The molecule has 1 saturated heterocycles. The van der Waals surface area contributed by atoms with Crippen molar-refractivity contribution in [2.45, 2.75) is 43.9 Å². The second kappa shape index (κ2) is 6.10. The van der Waals surface area contributed by atoms with Crippen LogP contribution in [0.25, 0.3) is 0 Å². The van der Waals surface area contributed by atoms with E-state index in [1.165, 1.54) is 25.3 Å². The first-order valence-corrected chi connectivity index (χ1v) is 7.46. The lowest BCUT2D eigenvalue weighted by Gasteiger charge is -2.47. The molecule has 1 aromatic carbocycles. The van der Waals surface area contributed by atoms with Gasteiger partial charge in [-0.05, 0) is 25.0 Å². The van der Waals surface area contributed by atoms with Crippen LogP contribution in [0.15, 0.2) is 24.3 Å². The van der Waals surface area contributed by atoms with Gasteiger partial charge in [-0.1, -0.05) is 25.0 Å². The van der Waals surface area contributed by atoms with Crippen molar-refractivity contribution in [2.24, 2.45) is 0 Å². The maximum Gasteiger partial charge on any atom is 0.165 e. The van der Waals surface area contributed by atoms with Gasteiger partial charge in [0.25, 0.3) is 0 Å². The quantitative estimate of drug-likeness (QED) is 0.846. The number of rotatable bonds is 4. The lowest BCUT2D eigenvalue weighted by molar-refractivity contribution is -0.0757. The highest BCUT2D eigenvalue weighted by molar-refractivity contribution is 5.24. The molecular weight excluding hydrogens is 257 g/mol. The van der Waals surface area contributed by atoms with Crippen molar-refractivity contribution in [2.75, 3.05) is 20.2 Å². The molecule has 1 aliphatic heterocycles. The molecule has 2 aliphatic rings. The zero-order valence-corrected chi connectivity index (χ0v) is 11.9. The Morgan fingerprint density at radius 2 is 1.90 bits per heavy atom. The third-order valence-electron chi connectivity index (χ3n) is 4.45. The number of likely N-dealkylation sites (tertiary alicyclic amines) is 1. The van der Waals surface area contributed by atoms with E-state index in [2.05, 4.69) is 4.90 Å². The van der Waals surface area contributed by atoms with Crippen LogP contribution in [0.1, 0.15) is 25.7 Å². The minimum Gasteiger partial charge on any atom is -0.485 e. The Bertz CT molecular complexity index is 448. The average Bonchev–Trinajstić information content (AvgIpc) is 2.44. The van der Waals surface area contributed by atoms with Crippen LogP contribution in [0, 0.1) is 5.82 Å². The third kappa shape index (κ3) is 2.81. The van der Waals surface area contributed by atoms with Crippen molar-refractivity contribution >= 4 is 0 Å². The van der Waals surface area contributed by atoms with Crippen molar-refractivity contribution in [1.82, 2.24) is 4.90 Å². The van der Waals surface area contributed by atoms with Crippen LogP contribution in [0.2, 0.25) is 0 Å². The fourth-order valence-electron chi connectivity index (χ4n) is 3.30. The molecule has 1 aliphatic carbocycles. The first-order chi connectivity index (χ1) is 9.78. The standard InChI is InChI=1S/C16H22FNO2/c1-19-16-9-5-3-7-14(16)18-10-12(11-18)20-15-8-4-2-6-13(15)17/h2,4,6,8,12,14,16H,3,5,7,9-11H2,1H3. The summed E-state index contributed by atoms with van der Waals surface area (Å²) >= 11 is 0. The molecule has 0 radical (unpaired) electrons. The fourth-order valence-corrected chi connectivity index (χ4v) is 3.30. The molecule has 110 valence electrons. The summed E-state index contributed by atoms with van der Waals surface area (Å²) in [7, 11) is 1.80. The van der Waals surface area contributed by atoms with E-state index in [1.54, 1.807) is 25.3 Å². The molecule has 1 aromatic rings. The molecule has 3 nitrogen and oxygen atoms in total. The molecule has 3 rings (SSSR count). The second-order valence-corrected chi connectivity index (χ2v) is 5.75. The summed E-state index contributed by atoms with van der Waals surface area (Å²) < 4.78 is 24.8. The second-order valence-electron chi connectivity index (χ2n) is 5.75. The predicted octanol–water partition coefficient (Wildman–Crippen LogP) is 2.85. The number of hydrogen-bond donors (Lipinski definition) is 0. The number of hydrogen-bond acceptors (Lipinski definition) is 3. The van der Waals surface area contributed by atoms with Crippen LogP contribution < -0.4 is 4.74 Å². The maximum atomic E-state index is 13.5. The molecule has 2 unspecified atom stereocenters. The monoisotopic (exact) mass is 279 g/mol. The van der Waals surface area contributed by atoms with Crippen molar-refractivity contribution in [3.05, 3.63) is 30.1 Å². The molecule has 0 spiro atoms. The van der Waals surface area contributed by atoms with Crippen LogP contribution in [0.4, 0.5) is 4.39 Å². The van der Waals surface area contributed by atoms with Gasteiger partial charge in [-0.25, -0.2) is 4.39 Å². The van der Waals surface area contributed by atoms with E-state index in [-0.39, 0.29) is 11.9 Å². The minimum atomic E-state index is -0.279. The lowest BCUT2D eigenvalue weighted by atomic mass is 9.89. The Balaban J connectivity index is 1.52. The zero-order chi connectivity index (χ0) is 13.9. The summed E-state index contributed by atoms with van der Waals surface area (Å²) in [5.41, 5.74) is 0. The lowest BCUT2D eigenvalue weighted by Crippen LogP contribution is -2.61. The van der Waals surface area contributed by atoms with Gasteiger partial charge in [-0.3, -0.25) is 4.90 Å². The molecule has 2 atom stereocenters. The smallest absolute Gasteiger partial charge is 0.165 e. The van der Waals surface area contributed by atoms with Gasteiger partial charge in [0.2, 0.25) is 0 Å². The number of nitrogens with zero attached hydrogens (tertiary/aromatic N) is 1. The van der Waals surface area contributed by atoms with Gasteiger partial charge in [0.05, 0.1) is 6.10 Å². The van der Waals surface area contributed by atoms with Gasteiger partial charge in [-0.15, -0.1) is 0 Å². The van der Waals surface area contributed by atoms with E-state index >= 15 is 0 Å². The first-order valence-electron chi connectivity index (χ1n) is 7.46. The Morgan fingerprint density at radius 1 is 1.15 bits per heavy atom. The van der Waals surface area contributed by atoms with Crippen LogP contribution >= 0.6 is 0 Å². The molecule has 2 fully saturated rings. The summed E-state index contributed by atoms with van der Waals surface area (Å²) in [6.45, 7) is 1.75. The number of methoxy groups -OCH3 is 1. The van der Waals surface area contributed by atoms with Crippen molar-refractivity contribution in [3.63, 3.8) is 0 Å². The number of benzene rings is 1. The zero-order valence-electron chi connectivity index (χ0n) is 11.9. The molecule has 20 heavy (non-hydrogen) atoms. The van der Waals surface area contributed by atoms with Crippen molar-refractivity contribution in [3.8, 4) is 5.75 Å². The van der Waals surface area contributed by atoms with E-state index < -0.39 is 0 Å². The Morgan fingerprint density at radius 3 is 2.65 bits per heavy atom. The fraction of sp³-hybridized carbons (Fsp3) is 0.625. The molecule has 1 saturated carbocycles. The summed E-state index contributed by atoms with van der Waals surface area (Å²) in [4.78, 5) is 2.42. The van der Waals surface area contributed by atoms with E-state index in [9.17, 15) is 4.39 Å². The molecular formula is C16H22FNO2. The highest BCUT2D eigenvalue weighted by atomic mass is 19.1. The predicted molar refractivity (Wildman–Crippen MR) is 75.4 cm³/mol. The Kier molecular flexibility index (Phi) is 4.22. The largest absolute Gasteiger partial charge is 0.485 e. The topological polar surface area (TPSA) is 21.7 Å². The van der Waals surface area contributed by atoms with Crippen LogP contribution in [0.3, 0.4) is 0 Å². The summed E-state index contributed by atoms with van der Waals surface area (Å²) in [5, 5.41) is 0. The molecule has 0 amide bonds. The van der Waals surface area contributed by atoms with Crippen LogP contribution in [-0.2, 0) is 4.74 Å². The molecule has 0 bridgehead atoms. The highest BCUT2D eigenvalue weighted by Gasteiger charge is 2.38. The molecule has 4 heteroatoms. The molecule has 0 aromatic heterocycles. The Labute approximate surface area is 119 Å². The average molecular weight is 279 g/mol. The van der Waals surface area contributed by atoms with E-state index in [0.717, 1.165) is 19.5 Å².